The number of rotatable bonds is 5. The molecule has 0 radical (unpaired) electrons. The van der Waals surface area contributed by atoms with Gasteiger partial charge in [0.2, 0.25) is 0 Å². The molecule has 0 bridgehead atoms. The first kappa shape index (κ1) is 14.8. The van der Waals surface area contributed by atoms with E-state index < -0.39 is 26.7 Å². The van der Waals surface area contributed by atoms with E-state index in [0.717, 1.165) is 10.4 Å². The minimum atomic E-state index is -3.88. The predicted molar refractivity (Wildman–Crippen MR) is 66.9 cm³/mol. The van der Waals surface area contributed by atoms with E-state index in [9.17, 15) is 18.5 Å². The second-order valence-corrected chi connectivity index (χ2v) is 6.93. The molecule has 0 spiro atoms. The molecule has 1 aromatic heterocycles. The van der Waals surface area contributed by atoms with Crippen molar-refractivity contribution in [2.24, 2.45) is 0 Å². The Labute approximate surface area is 108 Å². The molecular weight excluding hydrogens is 282 g/mol. The summed E-state index contributed by atoms with van der Waals surface area (Å²) < 4.78 is 24.9. The molecule has 1 aromatic rings. The molecule has 0 aliphatic rings. The highest BCUT2D eigenvalue weighted by Gasteiger charge is 2.30. The van der Waals surface area contributed by atoms with Gasteiger partial charge in [-0.3, -0.25) is 10.1 Å². The Hall–Kier alpha value is -1.23. The van der Waals surface area contributed by atoms with E-state index in [0.29, 0.717) is 11.3 Å². The number of sulfonamides is 1. The van der Waals surface area contributed by atoms with Gasteiger partial charge in [0.25, 0.3) is 10.0 Å². The van der Waals surface area contributed by atoms with Gasteiger partial charge in [0, 0.05) is 19.2 Å². The van der Waals surface area contributed by atoms with Gasteiger partial charge in [-0.2, -0.15) is 4.31 Å². The van der Waals surface area contributed by atoms with E-state index >= 15 is 0 Å². The fourth-order valence-corrected chi connectivity index (χ4v) is 3.89. The molecule has 3 N–H and O–H groups in total. The van der Waals surface area contributed by atoms with E-state index in [1.165, 1.54) is 14.0 Å². The van der Waals surface area contributed by atoms with Gasteiger partial charge >= 0.3 is 5.69 Å². The quantitative estimate of drug-likeness (QED) is 0.591. The van der Waals surface area contributed by atoms with E-state index in [4.69, 9.17) is 10.8 Å². The number of hydrogen-bond donors (Lipinski definition) is 2. The SMILES string of the molecule is CC(CO)N(C)S(=O)(=O)c1cc([N+](=O)[O-])c(N)s1. The van der Waals surface area contributed by atoms with Crippen molar-refractivity contribution in [3.8, 4) is 0 Å². The number of aliphatic hydroxyl groups excluding tert-OH is 1. The first-order valence-electron chi connectivity index (χ1n) is 4.84. The molecule has 8 nitrogen and oxygen atoms in total. The van der Waals surface area contributed by atoms with Crippen molar-refractivity contribution < 1.29 is 18.4 Å². The second kappa shape index (κ2) is 5.18. The van der Waals surface area contributed by atoms with Crippen LogP contribution in [0.2, 0.25) is 0 Å². The van der Waals surface area contributed by atoms with Crippen LogP contribution in [-0.2, 0) is 10.0 Å². The largest absolute Gasteiger partial charge is 0.395 e. The van der Waals surface area contributed by atoms with Crippen LogP contribution in [0.3, 0.4) is 0 Å². The zero-order chi connectivity index (χ0) is 14.1. The van der Waals surface area contributed by atoms with Gasteiger partial charge in [0.15, 0.2) is 5.00 Å². The Morgan fingerprint density at radius 2 is 2.22 bits per heavy atom. The van der Waals surface area contributed by atoms with E-state index in [1.54, 1.807) is 0 Å². The molecule has 1 unspecified atom stereocenters. The summed E-state index contributed by atoms with van der Waals surface area (Å²) in [7, 11) is -2.59. The lowest BCUT2D eigenvalue weighted by molar-refractivity contribution is -0.383. The average molecular weight is 295 g/mol. The summed E-state index contributed by atoms with van der Waals surface area (Å²) in [6.07, 6.45) is 0. The summed E-state index contributed by atoms with van der Waals surface area (Å²) in [4.78, 5) is 9.87. The van der Waals surface area contributed by atoms with Gasteiger partial charge in [-0.05, 0) is 6.92 Å². The zero-order valence-corrected chi connectivity index (χ0v) is 11.4. The second-order valence-electron chi connectivity index (χ2n) is 3.62. The minimum Gasteiger partial charge on any atom is -0.395 e. The number of aliphatic hydroxyl groups is 1. The molecule has 1 heterocycles. The number of hydrogen-bond acceptors (Lipinski definition) is 7. The van der Waals surface area contributed by atoms with Gasteiger partial charge in [0.1, 0.15) is 4.21 Å². The Balaban J connectivity index is 3.21. The van der Waals surface area contributed by atoms with Crippen LogP contribution < -0.4 is 5.73 Å². The molecule has 0 aromatic carbocycles. The van der Waals surface area contributed by atoms with Crippen molar-refractivity contribution in [2.75, 3.05) is 19.4 Å². The molecule has 0 aliphatic heterocycles. The fourth-order valence-electron chi connectivity index (χ4n) is 1.14. The molecular formula is C8H13N3O5S2. The third kappa shape index (κ3) is 2.61. The molecule has 18 heavy (non-hydrogen) atoms. The van der Waals surface area contributed by atoms with Crippen LogP contribution in [-0.4, -0.2) is 42.4 Å². The number of likely N-dealkylation sites (N-methyl/N-ethyl adjacent to an activating group) is 1. The van der Waals surface area contributed by atoms with Crippen LogP contribution >= 0.6 is 11.3 Å². The van der Waals surface area contributed by atoms with Crippen LogP contribution in [0.15, 0.2) is 10.3 Å². The summed E-state index contributed by atoms with van der Waals surface area (Å²) in [5.74, 6) is 0. The summed E-state index contributed by atoms with van der Waals surface area (Å²) in [6, 6.07) is 0.299. The molecule has 1 atom stereocenters. The van der Waals surface area contributed by atoms with Gasteiger partial charge in [-0.15, -0.1) is 0 Å². The lowest BCUT2D eigenvalue weighted by Gasteiger charge is -2.21. The maximum atomic E-state index is 12.1. The molecule has 0 saturated heterocycles. The van der Waals surface area contributed by atoms with Gasteiger partial charge in [-0.1, -0.05) is 11.3 Å². The van der Waals surface area contributed by atoms with Crippen molar-refractivity contribution in [3.63, 3.8) is 0 Å². The van der Waals surface area contributed by atoms with Crippen molar-refractivity contribution in [3.05, 3.63) is 16.2 Å². The maximum Gasteiger partial charge on any atom is 0.304 e. The lowest BCUT2D eigenvalue weighted by Crippen LogP contribution is -2.36. The molecule has 102 valence electrons. The first-order valence-corrected chi connectivity index (χ1v) is 7.10. The normalized spacial score (nSPS) is 13.8. The summed E-state index contributed by atoms with van der Waals surface area (Å²) in [5, 5.41) is 19.4. The standard InChI is InChI=1S/C8H13N3O5S2/c1-5(4-12)10(2)18(15,16)7-3-6(11(13)14)8(9)17-7/h3,5,12H,4,9H2,1-2H3. The van der Waals surface area contributed by atoms with Crippen molar-refractivity contribution in [1.29, 1.82) is 0 Å². The lowest BCUT2D eigenvalue weighted by atomic mass is 10.4. The number of anilines is 1. The smallest absolute Gasteiger partial charge is 0.304 e. The number of nitrogens with zero attached hydrogens (tertiary/aromatic N) is 2. The van der Waals surface area contributed by atoms with Crippen molar-refractivity contribution in [1.82, 2.24) is 4.31 Å². The van der Waals surface area contributed by atoms with Crippen LogP contribution in [0, 0.1) is 10.1 Å². The van der Waals surface area contributed by atoms with Crippen LogP contribution in [0.5, 0.6) is 0 Å². The Kier molecular flexibility index (Phi) is 4.27. The topological polar surface area (TPSA) is 127 Å². The third-order valence-electron chi connectivity index (χ3n) is 2.43. The molecule has 1 rings (SSSR count). The Morgan fingerprint density at radius 3 is 2.61 bits per heavy atom. The number of nitrogen functional groups attached to an aromatic ring is 1. The van der Waals surface area contributed by atoms with Gasteiger partial charge < -0.3 is 10.8 Å². The minimum absolute atomic E-state index is 0.163. The van der Waals surface area contributed by atoms with E-state index in [1.807, 2.05) is 0 Å². The predicted octanol–water partition coefficient (Wildman–Crippen LogP) is 0.240. The molecule has 0 saturated carbocycles. The zero-order valence-electron chi connectivity index (χ0n) is 9.73. The summed E-state index contributed by atoms with van der Waals surface area (Å²) >= 11 is 0.631. The molecule has 10 heteroatoms. The summed E-state index contributed by atoms with van der Waals surface area (Å²) in [6.45, 7) is 1.17. The average Bonchev–Trinajstić information content (AvgIpc) is 2.70. The number of thiophene rings is 1. The highest BCUT2D eigenvalue weighted by atomic mass is 32.2. The van der Waals surface area contributed by atoms with Crippen molar-refractivity contribution in [2.45, 2.75) is 17.2 Å². The monoisotopic (exact) mass is 295 g/mol. The number of nitrogens with two attached hydrogens (primary N) is 1. The highest BCUT2D eigenvalue weighted by Crippen LogP contribution is 2.35. The highest BCUT2D eigenvalue weighted by molar-refractivity contribution is 7.91. The molecule has 0 aliphatic carbocycles. The molecule has 0 fully saturated rings. The number of nitro groups is 1. The van der Waals surface area contributed by atoms with Crippen LogP contribution in [0.4, 0.5) is 10.7 Å². The molecule has 0 amide bonds. The van der Waals surface area contributed by atoms with Gasteiger partial charge in [-0.25, -0.2) is 8.42 Å². The Bertz CT molecular complexity index is 553. The fraction of sp³-hybridized carbons (Fsp3) is 0.500. The van der Waals surface area contributed by atoms with Crippen LogP contribution in [0.25, 0.3) is 0 Å². The maximum absolute atomic E-state index is 12.1. The summed E-state index contributed by atoms with van der Waals surface area (Å²) in [5.41, 5.74) is 4.97. The van der Waals surface area contributed by atoms with E-state index in [2.05, 4.69) is 0 Å². The van der Waals surface area contributed by atoms with Crippen LogP contribution in [0.1, 0.15) is 6.92 Å². The Morgan fingerprint density at radius 1 is 1.67 bits per heavy atom. The first-order chi connectivity index (χ1) is 8.21. The van der Waals surface area contributed by atoms with E-state index in [-0.39, 0.29) is 15.8 Å². The van der Waals surface area contributed by atoms with Gasteiger partial charge in [0.05, 0.1) is 11.5 Å². The third-order valence-corrected chi connectivity index (χ3v) is 5.81. The van der Waals surface area contributed by atoms with Crippen molar-refractivity contribution >= 4 is 32.0 Å².